The Morgan fingerprint density at radius 3 is 2.07 bits per heavy atom. The molecule has 2 aromatic heterocycles. The smallest absolute Gasteiger partial charge is 0.192 e. The van der Waals surface area contributed by atoms with Gasteiger partial charge in [0.15, 0.2) is 11.0 Å². The molecule has 1 aliphatic rings. The molecule has 0 aliphatic heterocycles. The molecular formula is C22H19N3S2. The van der Waals surface area contributed by atoms with Crippen LogP contribution in [-0.4, -0.2) is 14.8 Å². The van der Waals surface area contributed by atoms with E-state index in [1.165, 1.54) is 28.8 Å². The highest BCUT2D eigenvalue weighted by molar-refractivity contribution is 7.99. The Balaban J connectivity index is 1.56. The molecule has 4 aromatic rings. The summed E-state index contributed by atoms with van der Waals surface area (Å²) >= 11 is 3.53. The van der Waals surface area contributed by atoms with E-state index in [1.54, 1.807) is 23.1 Å². The topological polar surface area (TPSA) is 30.7 Å². The second kappa shape index (κ2) is 7.33. The van der Waals surface area contributed by atoms with Crippen LogP contribution in [0.5, 0.6) is 0 Å². The molecule has 0 radical (unpaired) electrons. The first-order valence-corrected chi connectivity index (χ1v) is 10.9. The minimum absolute atomic E-state index is 0.199. The van der Waals surface area contributed by atoms with Gasteiger partial charge in [0.05, 0.1) is 10.1 Å². The van der Waals surface area contributed by atoms with Crippen LogP contribution in [0.25, 0.3) is 10.7 Å². The Kier molecular flexibility index (Phi) is 4.56. The lowest BCUT2D eigenvalue weighted by atomic mass is 10.0. The summed E-state index contributed by atoms with van der Waals surface area (Å²) in [4.78, 5) is 1.19. The maximum absolute atomic E-state index is 4.61. The lowest BCUT2D eigenvalue weighted by molar-refractivity contribution is 0.669. The van der Waals surface area contributed by atoms with Gasteiger partial charge in [-0.3, -0.25) is 4.57 Å². The minimum atomic E-state index is 0.199. The van der Waals surface area contributed by atoms with E-state index >= 15 is 0 Å². The van der Waals surface area contributed by atoms with Gasteiger partial charge in [-0.15, -0.1) is 21.5 Å². The van der Waals surface area contributed by atoms with E-state index in [0.717, 1.165) is 11.0 Å². The van der Waals surface area contributed by atoms with Crippen LogP contribution < -0.4 is 0 Å². The molecule has 5 heteroatoms. The van der Waals surface area contributed by atoms with Crippen molar-refractivity contribution in [2.45, 2.75) is 29.3 Å². The summed E-state index contributed by atoms with van der Waals surface area (Å²) in [5, 5.41) is 12.5. The third kappa shape index (κ3) is 3.45. The van der Waals surface area contributed by atoms with Crippen molar-refractivity contribution >= 4 is 23.1 Å². The van der Waals surface area contributed by atoms with Crippen molar-refractivity contribution in [3.05, 3.63) is 89.3 Å². The van der Waals surface area contributed by atoms with Gasteiger partial charge in [-0.25, -0.2) is 0 Å². The number of hydrogen-bond acceptors (Lipinski definition) is 4. The molecule has 1 fully saturated rings. The van der Waals surface area contributed by atoms with Crippen molar-refractivity contribution < 1.29 is 0 Å². The number of benzene rings is 2. The monoisotopic (exact) mass is 389 g/mol. The Labute approximate surface area is 167 Å². The molecule has 2 aromatic carbocycles. The van der Waals surface area contributed by atoms with E-state index in [9.17, 15) is 0 Å². The highest BCUT2D eigenvalue weighted by Crippen LogP contribution is 2.46. The molecule has 0 bridgehead atoms. The molecular weight excluding hydrogens is 370 g/mol. The second-order valence-electron chi connectivity index (χ2n) is 6.70. The quantitative estimate of drug-likeness (QED) is 0.367. The Morgan fingerprint density at radius 2 is 1.52 bits per heavy atom. The fraction of sp³-hybridized carbons (Fsp3) is 0.182. The molecule has 2 heterocycles. The summed E-state index contributed by atoms with van der Waals surface area (Å²) in [5.74, 6) is 1.01. The zero-order chi connectivity index (χ0) is 18.1. The average molecular weight is 390 g/mol. The summed E-state index contributed by atoms with van der Waals surface area (Å²) in [6, 6.07) is 26.1. The maximum Gasteiger partial charge on any atom is 0.192 e. The molecule has 0 unspecified atom stereocenters. The van der Waals surface area contributed by atoms with Crippen molar-refractivity contribution in [2.24, 2.45) is 0 Å². The molecule has 27 heavy (non-hydrogen) atoms. The van der Waals surface area contributed by atoms with E-state index in [0.29, 0.717) is 6.04 Å². The first-order valence-electron chi connectivity index (χ1n) is 9.15. The van der Waals surface area contributed by atoms with Crippen LogP contribution in [0.4, 0.5) is 0 Å². The molecule has 0 atom stereocenters. The number of hydrogen-bond donors (Lipinski definition) is 0. The minimum Gasteiger partial charge on any atom is -0.298 e. The fourth-order valence-corrected chi connectivity index (χ4v) is 5.22. The molecule has 0 saturated heterocycles. The van der Waals surface area contributed by atoms with E-state index in [4.69, 9.17) is 0 Å². The SMILES string of the molecule is c1ccc(C(Sc2nnc(-c3cccs3)n2C2CC2)c2ccccc2)cc1. The van der Waals surface area contributed by atoms with Crippen molar-refractivity contribution in [3.63, 3.8) is 0 Å². The molecule has 1 aliphatic carbocycles. The van der Waals surface area contributed by atoms with Crippen LogP contribution in [0.3, 0.4) is 0 Å². The van der Waals surface area contributed by atoms with E-state index in [-0.39, 0.29) is 5.25 Å². The number of aromatic nitrogens is 3. The second-order valence-corrected chi connectivity index (χ2v) is 8.72. The molecule has 0 amide bonds. The van der Waals surface area contributed by atoms with Gasteiger partial charge in [-0.1, -0.05) is 78.5 Å². The summed E-state index contributed by atoms with van der Waals surface area (Å²) in [5.41, 5.74) is 2.58. The van der Waals surface area contributed by atoms with Gasteiger partial charge in [0.2, 0.25) is 0 Å². The van der Waals surface area contributed by atoms with Crippen molar-refractivity contribution in [1.29, 1.82) is 0 Å². The third-order valence-electron chi connectivity index (χ3n) is 4.75. The van der Waals surface area contributed by atoms with Crippen LogP contribution in [0.15, 0.2) is 83.3 Å². The van der Waals surface area contributed by atoms with Crippen LogP contribution in [-0.2, 0) is 0 Å². The predicted octanol–water partition coefficient (Wildman–Crippen LogP) is 6.22. The first kappa shape index (κ1) is 16.8. The van der Waals surface area contributed by atoms with Gasteiger partial charge < -0.3 is 0 Å². The van der Waals surface area contributed by atoms with Crippen LogP contribution >= 0.6 is 23.1 Å². The third-order valence-corrected chi connectivity index (χ3v) is 6.88. The van der Waals surface area contributed by atoms with Gasteiger partial charge in [0.25, 0.3) is 0 Å². The largest absolute Gasteiger partial charge is 0.298 e. The average Bonchev–Trinajstić information content (AvgIpc) is 3.25. The number of nitrogens with zero attached hydrogens (tertiary/aromatic N) is 3. The van der Waals surface area contributed by atoms with Gasteiger partial charge in [0.1, 0.15) is 0 Å². The van der Waals surface area contributed by atoms with Gasteiger partial charge in [-0.2, -0.15) is 0 Å². The van der Waals surface area contributed by atoms with Gasteiger partial charge >= 0.3 is 0 Å². The first-order chi connectivity index (χ1) is 13.4. The number of thiophene rings is 1. The summed E-state index contributed by atoms with van der Waals surface area (Å²) < 4.78 is 2.36. The van der Waals surface area contributed by atoms with Gasteiger partial charge in [0, 0.05) is 6.04 Å². The molecule has 0 N–H and O–H groups in total. The molecule has 3 nitrogen and oxygen atoms in total. The van der Waals surface area contributed by atoms with E-state index in [2.05, 4.69) is 92.9 Å². The highest BCUT2D eigenvalue weighted by atomic mass is 32.2. The van der Waals surface area contributed by atoms with Crippen LogP contribution in [0.1, 0.15) is 35.3 Å². The molecule has 5 rings (SSSR count). The number of rotatable bonds is 6. The molecule has 0 spiro atoms. The van der Waals surface area contributed by atoms with Crippen LogP contribution in [0.2, 0.25) is 0 Å². The van der Waals surface area contributed by atoms with Crippen molar-refractivity contribution in [3.8, 4) is 10.7 Å². The molecule has 1 saturated carbocycles. The van der Waals surface area contributed by atoms with E-state index in [1.807, 2.05) is 0 Å². The summed E-state index contributed by atoms with van der Waals surface area (Å²) in [6.07, 6.45) is 2.43. The maximum atomic E-state index is 4.61. The standard InChI is InChI=1S/C22H19N3S2/c1-3-8-16(9-4-1)20(17-10-5-2-6-11-17)27-22-24-23-21(19-12-7-15-26-19)25(22)18-13-14-18/h1-12,15,18,20H,13-14H2. The predicted molar refractivity (Wildman–Crippen MR) is 112 cm³/mol. The van der Waals surface area contributed by atoms with E-state index < -0.39 is 0 Å². The van der Waals surface area contributed by atoms with Crippen molar-refractivity contribution in [2.75, 3.05) is 0 Å². The Hall–Kier alpha value is -2.37. The number of thioether (sulfide) groups is 1. The zero-order valence-electron chi connectivity index (χ0n) is 14.7. The lowest BCUT2D eigenvalue weighted by Gasteiger charge is -2.18. The lowest BCUT2D eigenvalue weighted by Crippen LogP contribution is -2.02. The van der Waals surface area contributed by atoms with Crippen molar-refractivity contribution in [1.82, 2.24) is 14.8 Å². The zero-order valence-corrected chi connectivity index (χ0v) is 16.4. The summed E-state index contributed by atoms with van der Waals surface area (Å²) in [7, 11) is 0. The Bertz CT molecular complexity index is 967. The van der Waals surface area contributed by atoms with Crippen LogP contribution in [0, 0.1) is 0 Å². The summed E-state index contributed by atoms with van der Waals surface area (Å²) in [6.45, 7) is 0. The highest BCUT2D eigenvalue weighted by Gasteiger charge is 2.31. The van der Waals surface area contributed by atoms with Gasteiger partial charge in [-0.05, 0) is 35.4 Å². The Morgan fingerprint density at radius 1 is 0.852 bits per heavy atom. The normalized spacial score (nSPS) is 14.0. The molecule has 134 valence electrons. The fourth-order valence-electron chi connectivity index (χ4n) is 3.28.